The molecule has 5 heteroatoms. The first kappa shape index (κ1) is 18.8. The number of rotatable bonds is 4. The number of hydrogen-bond donors (Lipinski definition) is 2. The lowest BCUT2D eigenvalue weighted by Gasteiger charge is -2.57. The minimum atomic E-state index is -0.0118. The average Bonchev–Trinajstić information content (AvgIpc) is 3.02. The number of H-pyrrole nitrogens is 1. The molecule has 0 spiro atoms. The van der Waals surface area contributed by atoms with E-state index in [1.807, 2.05) is 0 Å². The molecule has 0 radical (unpaired) electrons. The Morgan fingerprint density at radius 3 is 2.33 bits per heavy atom. The fraction of sp³-hybridized carbons (Fsp3) is 0.520. The van der Waals surface area contributed by atoms with Crippen LogP contribution < -0.4 is 10.9 Å². The summed E-state index contributed by atoms with van der Waals surface area (Å²) in [6, 6.07) is 8.41. The van der Waals surface area contributed by atoms with Crippen LogP contribution in [0.15, 0.2) is 29.1 Å². The van der Waals surface area contributed by atoms with Crippen molar-refractivity contribution >= 4 is 21.6 Å². The molecule has 30 heavy (non-hydrogen) atoms. The maximum absolute atomic E-state index is 13.1. The lowest BCUT2D eigenvalue weighted by molar-refractivity contribution is -0.0209. The molecule has 0 unspecified atom stereocenters. The summed E-state index contributed by atoms with van der Waals surface area (Å²) in [5.41, 5.74) is 3.62. The topological polar surface area (TPSA) is 57.8 Å². The molecule has 4 bridgehead atoms. The highest BCUT2D eigenvalue weighted by atomic mass is 32.1. The van der Waals surface area contributed by atoms with Crippen molar-refractivity contribution < 1.29 is 0 Å². The van der Waals surface area contributed by atoms with Gasteiger partial charge >= 0.3 is 0 Å². The Hall–Kier alpha value is -1.98. The lowest BCUT2D eigenvalue weighted by atomic mass is 9.53. The van der Waals surface area contributed by atoms with Crippen LogP contribution in [-0.2, 0) is 6.54 Å². The Bertz CT molecular complexity index is 1140. The smallest absolute Gasteiger partial charge is 0.260 e. The molecule has 4 aliphatic carbocycles. The summed E-state index contributed by atoms with van der Waals surface area (Å²) in [6.07, 6.45) is 8.25. The third-order valence-corrected chi connectivity index (χ3v) is 8.80. The van der Waals surface area contributed by atoms with Crippen molar-refractivity contribution in [2.45, 2.75) is 64.5 Å². The first-order chi connectivity index (χ1) is 14.5. The van der Waals surface area contributed by atoms with Gasteiger partial charge in [-0.1, -0.05) is 29.8 Å². The third kappa shape index (κ3) is 3.05. The van der Waals surface area contributed by atoms with Crippen LogP contribution in [0.5, 0.6) is 0 Å². The predicted octanol–water partition coefficient (Wildman–Crippen LogP) is 5.33. The van der Waals surface area contributed by atoms with Gasteiger partial charge in [-0.2, -0.15) is 0 Å². The molecular weight excluding hydrogens is 390 g/mol. The first-order valence-corrected chi connectivity index (χ1v) is 12.1. The van der Waals surface area contributed by atoms with Crippen molar-refractivity contribution in [3.63, 3.8) is 0 Å². The van der Waals surface area contributed by atoms with Gasteiger partial charge in [0.15, 0.2) is 0 Å². The van der Waals surface area contributed by atoms with Crippen LogP contribution in [-0.4, -0.2) is 15.5 Å². The molecule has 0 atom stereocenters. The van der Waals surface area contributed by atoms with Gasteiger partial charge in [0.2, 0.25) is 0 Å². The Morgan fingerprint density at radius 1 is 1.07 bits per heavy atom. The van der Waals surface area contributed by atoms with E-state index in [0.29, 0.717) is 6.54 Å². The second kappa shape index (κ2) is 6.76. The van der Waals surface area contributed by atoms with E-state index >= 15 is 0 Å². The number of hydrogen-bond acceptors (Lipinski definition) is 4. The van der Waals surface area contributed by atoms with Crippen molar-refractivity contribution in [2.24, 2.45) is 17.8 Å². The molecule has 4 nitrogen and oxygen atoms in total. The molecule has 0 aliphatic heterocycles. The monoisotopic (exact) mass is 419 g/mol. The van der Waals surface area contributed by atoms with Gasteiger partial charge in [-0.05, 0) is 75.7 Å². The van der Waals surface area contributed by atoms with Crippen molar-refractivity contribution in [3.05, 3.63) is 50.9 Å². The number of fused-ring (bicyclic) bond motifs is 1. The molecule has 0 amide bonds. The summed E-state index contributed by atoms with van der Waals surface area (Å²) >= 11 is 1.63. The SMILES string of the molecule is Cc1ccc(-c2c(C)sc3nc(CNC45CC6CC(CC(C6)C4)C5)[nH]c(=O)c23)cc1. The molecular formula is C25H29N3OS. The van der Waals surface area contributed by atoms with Gasteiger partial charge in [0.05, 0.1) is 11.9 Å². The zero-order chi connectivity index (χ0) is 20.5. The van der Waals surface area contributed by atoms with Gasteiger partial charge in [0.25, 0.3) is 5.56 Å². The predicted molar refractivity (Wildman–Crippen MR) is 123 cm³/mol. The number of thiophene rings is 1. The summed E-state index contributed by atoms with van der Waals surface area (Å²) in [5, 5.41) is 4.60. The number of aromatic amines is 1. The number of aryl methyl sites for hydroxylation is 2. The number of benzene rings is 1. The fourth-order valence-electron chi connectivity index (χ4n) is 6.91. The van der Waals surface area contributed by atoms with E-state index < -0.39 is 0 Å². The van der Waals surface area contributed by atoms with E-state index in [1.165, 1.54) is 44.1 Å². The minimum Gasteiger partial charge on any atom is -0.309 e. The van der Waals surface area contributed by atoms with Gasteiger partial charge in [-0.3, -0.25) is 4.79 Å². The summed E-state index contributed by atoms with van der Waals surface area (Å²) < 4.78 is 0. The van der Waals surface area contributed by atoms with Gasteiger partial charge < -0.3 is 10.3 Å². The average molecular weight is 420 g/mol. The van der Waals surface area contributed by atoms with Gasteiger partial charge in [-0.15, -0.1) is 11.3 Å². The Labute approximate surface area is 181 Å². The molecule has 2 aromatic heterocycles. The summed E-state index contributed by atoms with van der Waals surface area (Å²) in [7, 11) is 0. The molecule has 0 saturated heterocycles. The van der Waals surface area contributed by atoms with Crippen LogP contribution in [0, 0.1) is 31.6 Å². The van der Waals surface area contributed by atoms with Crippen molar-refractivity contribution in [2.75, 3.05) is 0 Å². The van der Waals surface area contributed by atoms with E-state index in [-0.39, 0.29) is 11.1 Å². The standard InChI is InChI=1S/C25H29N3OS/c1-14-3-5-19(6-4-14)21-15(2)30-24-22(21)23(29)27-20(28-24)13-26-25-10-16-7-17(11-25)9-18(8-16)12-25/h3-6,16-18,26H,7-13H2,1-2H3,(H,27,28,29). The van der Waals surface area contributed by atoms with Crippen LogP contribution in [0.1, 0.15) is 54.8 Å². The summed E-state index contributed by atoms with van der Waals surface area (Å²) in [5.74, 6) is 3.51. The van der Waals surface area contributed by atoms with Crippen LogP contribution in [0.4, 0.5) is 0 Å². The minimum absolute atomic E-state index is 0.0118. The van der Waals surface area contributed by atoms with Gasteiger partial charge in [0.1, 0.15) is 10.7 Å². The van der Waals surface area contributed by atoms with Gasteiger partial charge in [0, 0.05) is 16.0 Å². The van der Waals surface area contributed by atoms with E-state index in [0.717, 1.165) is 49.8 Å². The maximum Gasteiger partial charge on any atom is 0.260 e. The van der Waals surface area contributed by atoms with Crippen LogP contribution in [0.3, 0.4) is 0 Å². The van der Waals surface area contributed by atoms with Crippen molar-refractivity contribution in [1.82, 2.24) is 15.3 Å². The molecule has 2 heterocycles. The Balaban J connectivity index is 1.30. The highest BCUT2D eigenvalue weighted by molar-refractivity contribution is 7.19. The molecule has 3 aromatic rings. The quantitative estimate of drug-likeness (QED) is 0.601. The molecule has 156 valence electrons. The van der Waals surface area contributed by atoms with E-state index in [9.17, 15) is 4.79 Å². The molecule has 1 aromatic carbocycles. The molecule has 7 rings (SSSR count). The second-order valence-corrected chi connectivity index (χ2v) is 11.3. The lowest BCUT2D eigenvalue weighted by Crippen LogP contribution is -2.58. The molecule has 4 aliphatic rings. The highest BCUT2D eigenvalue weighted by Crippen LogP contribution is 2.55. The van der Waals surface area contributed by atoms with Crippen molar-refractivity contribution in [3.8, 4) is 11.1 Å². The fourth-order valence-corrected chi connectivity index (χ4v) is 7.98. The molecule has 4 fully saturated rings. The number of aromatic nitrogens is 2. The normalized spacial score (nSPS) is 29.7. The summed E-state index contributed by atoms with van der Waals surface area (Å²) in [4.78, 5) is 23.1. The van der Waals surface area contributed by atoms with Crippen LogP contribution in [0.2, 0.25) is 0 Å². The Morgan fingerprint density at radius 2 is 1.70 bits per heavy atom. The van der Waals surface area contributed by atoms with Gasteiger partial charge in [-0.25, -0.2) is 4.98 Å². The zero-order valence-electron chi connectivity index (χ0n) is 17.8. The van der Waals surface area contributed by atoms with E-state index in [2.05, 4.69) is 48.4 Å². The highest BCUT2D eigenvalue weighted by Gasteiger charge is 2.50. The summed E-state index contributed by atoms with van der Waals surface area (Å²) in [6.45, 7) is 4.84. The molecule has 4 saturated carbocycles. The van der Waals surface area contributed by atoms with Crippen molar-refractivity contribution in [1.29, 1.82) is 0 Å². The number of nitrogens with one attached hydrogen (secondary N) is 2. The van der Waals surface area contributed by atoms with E-state index in [1.54, 1.807) is 11.3 Å². The number of nitrogens with zero attached hydrogens (tertiary/aromatic N) is 1. The maximum atomic E-state index is 13.1. The Kier molecular flexibility index (Phi) is 4.23. The molecule has 2 N–H and O–H groups in total. The largest absolute Gasteiger partial charge is 0.309 e. The second-order valence-electron chi connectivity index (χ2n) is 10.1. The van der Waals surface area contributed by atoms with Crippen LogP contribution >= 0.6 is 11.3 Å². The third-order valence-electron chi connectivity index (χ3n) is 7.80. The van der Waals surface area contributed by atoms with Crippen LogP contribution in [0.25, 0.3) is 21.3 Å². The zero-order valence-corrected chi connectivity index (χ0v) is 18.6. The first-order valence-electron chi connectivity index (χ1n) is 11.3. The van der Waals surface area contributed by atoms with E-state index in [4.69, 9.17) is 4.98 Å².